The maximum absolute atomic E-state index is 8.57. The smallest absolute Gasteiger partial charge is 0.0825 e. The third-order valence-corrected chi connectivity index (χ3v) is 1.44. The molecule has 1 atom stereocenters. The van der Waals surface area contributed by atoms with Gasteiger partial charge in [0, 0.05) is 0 Å². The van der Waals surface area contributed by atoms with Gasteiger partial charge in [0.05, 0.1) is 24.2 Å². The molecule has 1 unspecified atom stereocenters. The van der Waals surface area contributed by atoms with Gasteiger partial charge >= 0.3 is 0 Å². The summed E-state index contributed by atoms with van der Waals surface area (Å²) in [7, 11) is 0. The fraction of sp³-hybridized carbons (Fsp3) is 0.857. The third-order valence-electron chi connectivity index (χ3n) is 1.44. The summed E-state index contributed by atoms with van der Waals surface area (Å²) < 4.78 is 5.00. The van der Waals surface area contributed by atoms with Crippen LogP contribution in [0.3, 0.4) is 0 Å². The predicted molar refractivity (Wildman–Crippen MR) is 33.8 cm³/mol. The summed E-state index contributed by atoms with van der Waals surface area (Å²) in [6, 6.07) is 2.23. The topological polar surface area (TPSA) is 36.3 Å². The Hall–Kier alpha value is -0.550. The highest BCUT2D eigenvalue weighted by atomic mass is 16.6. The second-order valence-electron chi connectivity index (χ2n) is 3.16. The van der Waals surface area contributed by atoms with Gasteiger partial charge in [-0.1, -0.05) is 0 Å². The molecule has 0 aromatic carbocycles. The van der Waals surface area contributed by atoms with E-state index in [1.807, 2.05) is 13.8 Å². The van der Waals surface area contributed by atoms with Crippen molar-refractivity contribution in [3.8, 4) is 6.07 Å². The van der Waals surface area contributed by atoms with Crippen LogP contribution in [0.25, 0.3) is 0 Å². The lowest BCUT2D eigenvalue weighted by molar-refractivity contribution is 0.333. The predicted octanol–water partition coefficient (Wildman–Crippen LogP) is 1.33. The van der Waals surface area contributed by atoms with Gasteiger partial charge in [-0.2, -0.15) is 5.26 Å². The zero-order valence-electron chi connectivity index (χ0n) is 5.85. The highest BCUT2D eigenvalue weighted by Gasteiger charge is 2.30. The van der Waals surface area contributed by atoms with Crippen LogP contribution in [-0.2, 0) is 4.74 Å². The Morgan fingerprint density at radius 3 is 2.67 bits per heavy atom. The van der Waals surface area contributed by atoms with Gasteiger partial charge in [-0.05, 0) is 20.3 Å². The first-order valence-electron chi connectivity index (χ1n) is 3.17. The molecular formula is C7H11NO. The fourth-order valence-corrected chi connectivity index (χ4v) is 0.801. The van der Waals surface area contributed by atoms with E-state index >= 15 is 0 Å². The Kier molecular flexibility index (Phi) is 1.46. The SMILES string of the molecule is CC(C)(C#N)CC1CO1. The van der Waals surface area contributed by atoms with Crippen LogP contribution in [0.15, 0.2) is 0 Å². The van der Waals surface area contributed by atoms with E-state index < -0.39 is 0 Å². The first kappa shape index (κ1) is 6.57. The summed E-state index contributed by atoms with van der Waals surface area (Å²) in [5.74, 6) is 0. The molecule has 2 heteroatoms. The molecule has 1 aliphatic heterocycles. The van der Waals surface area contributed by atoms with Crippen LogP contribution in [0.2, 0.25) is 0 Å². The molecule has 2 nitrogen and oxygen atoms in total. The van der Waals surface area contributed by atoms with E-state index in [0.29, 0.717) is 6.10 Å². The van der Waals surface area contributed by atoms with Crippen molar-refractivity contribution in [3.05, 3.63) is 0 Å². The molecule has 0 aromatic heterocycles. The van der Waals surface area contributed by atoms with Gasteiger partial charge in [0.2, 0.25) is 0 Å². The fourth-order valence-electron chi connectivity index (χ4n) is 0.801. The van der Waals surface area contributed by atoms with E-state index in [4.69, 9.17) is 10.00 Å². The summed E-state index contributed by atoms with van der Waals surface area (Å²) in [4.78, 5) is 0. The molecule has 1 fully saturated rings. The number of nitriles is 1. The quantitative estimate of drug-likeness (QED) is 0.522. The number of ether oxygens (including phenoxy) is 1. The van der Waals surface area contributed by atoms with E-state index in [9.17, 15) is 0 Å². The van der Waals surface area contributed by atoms with Crippen LogP contribution in [0.5, 0.6) is 0 Å². The van der Waals surface area contributed by atoms with E-state index in [1.165, 1.54) is 0 Å². The highest BCUT2D eigenvalue weighted by Crippen LogP contribution is 2.27. The minimum atomic E-state index is -0.193. The number of rotatable bonds is 2. The maximum atomic E-state index is 8.57. The van der Waals surface area contributed by atoms with Crippen molar-refractivity contribution in [2.45, 2.75) is 26.4 Å². The number of nitrogens with zero attached hydrogens (tertiary/aromatic N) is 1. The standard InChI is InChI=1S/C7H11NO/c1-7(2,5-8)3-6-4-9-6/h6H,3-4H2,1-2H3. The van der Waals surface area contributed by atoms with Gasteiger partial charge in [0.15, 0.2) is 0 Å². The van der Waals surface area contributed by atoms with Crippen LogP contribution >= 0.6 is 0 Å². The van der Waals surface area contributed by atoms with Crippen LogP contribution in [0, 0.1) is 16.7 Å². The molecule has 0 aliphatic carbocycles. The molecule has 0 bridgehead atoms. The van der Waals surface area contributed by atoms with Crippen molar-refractivity contribution in [3.63, 3.8) is 0 Å². The number of epoxide rings is 1. The highest BCUT2D eigenvalue weighted by molar-refractivity contribution is 4.95. The lowest BCUT2D eigenvalue weighted by Crippen LogP contribution is -2.10. The Balaban J connectivity index is 2.32. The summed E-state index contributed by atoms with van der Waals surface area (Å²) in [5.41, 5.74) is -0.193. The summed E-state index contributed by atoms with van der Waals surface area (Å²) in [6.07, 6.45) is 1.25. The molecule has 50 valence electrons. The summed E-state index contributed by atoms with van der Waals surface area (Å²) in [6.45, 7) is 4.73. The molecule has 0 aromatic rings. The molecule has 0 amide bonds. The molecule has 1 saturated heterocycles. The van der Waals surface area contributed by atoms with Gasteiger partial charge < -0.3 is 4.74 Å². The van der Waals surface area contributed by atoms with Crippen molar-refractivity contribution < 1.29 is 4.74 Å². The van der Waals surface area contributed by atoms with Gasteiger partial charge in [0.1, 0.15) is 0 Å². The van der Waals surface area contributed by atoms with Crippen LogP contribution in [0.1, 0.15) is 20.3 Å². The Bertz CT molecular complexity index is 141. The maximum Gasteiger partial charge on any atom is 0.0825 e. The minimum Gasteiger partial charge on any atom is -0.373 e. The van der Waals surface area contributed by atoms with Gasteiger partial charge in [-0.25, -0.2) is 0 Å². The normalized spacial score (nSPS) is 25.2. The lowest BCUT2D eigenvalue weighted by atomic mass is 9.90. The van der Waals surface area contributed by atoms with Crippen LogP contribution in [-0.4, -0.2) is 12.7 Å². The minimum absolute atomic E-state index is 0.193. The molecule has 1 heterocycles. The largest absolute Gasteiger partial charge is 0.373 e. The molecule has 1 aliphatic rings. The molecule has 0 N–H and O–H groups in total. The van der Waals surface area contributed by atoms with Crippen LogP contribution < -0.4 is 0 Å². The summed E-state index contributed by atoms with van der Waals surface area (Å²) in [5, 5.41) is 8.57. The monoisotopic (exact) mass is 125 g/mol. The number of hydrogen-bond donors (Lipinski definition) is 0. The Labute approximate surface area is 55.4 Å². The lowest BCUT2D eigenvalue weighted by Gasteiger charge is -2.11. The number of hydrogen-bond acceptors (Lipinski definition) is 2. The Morgan fingerprint density at radius 1 is 1.78 bits per heavy atom. The third kappa shape index (κ3) is 2.03. The van der Waals surface area contributed by atoms with E-state index in [1.54, 1.807) is 0 Å². The van der Waals surface area contributed by atoms with Crippen molar-refractivity contribution >= 4 is 0 Å². The van der Waals surface area contributed by atoms with Crippen molar-refractivity contribution in [1.29, 1.82) is 5.26 Å². The van der Waals surface area contributed by atoms with Crippen molar-refractivity contribution in [2.24, 2.45) is 5.41 Å². The van der Waals surface area contributed by atoms with Crippen molar-refractivity contribution in [2.75, 3.05) is 6.61 Å². The van der Waals surface area contributed by atoms with E-state index in [-0.39, 0.29) is 5.41 Å². The molecule has 9 heavy (non-hydrogen) atoms. The molecule has 1 rings (SSSR count). The van der Waals surface area contributed by atoms with E-state index in [0.717, 1.165) is 13.0 Å². The molecule has 0 saturated carbocycles. The zero-order valence-corrected chi connectivity index (χ0v) is 5.85. The molecule has 0 spiro atoms. The van der Waals surface area contributed by atoms with Gasteiger partial charge in [0.25, 0.3) is 0 Å². The first-order chi connectivity index (χ1) is 4.14. The second-order valence-corrected chi connectivity index (χ2v) is 3.16. The molecular weight excluding hydrogens is 114 g/mol. The van der Waals surface area contributed by atoms with Crippen molar-refractivity contribution in [1.82, 2.24) is 0 Å². The van der Waals surface area contributed by atoms with E-state index in [2.05, 4.69) is 6.07 Å². The van der Waals surface area contributed by atoms with Gasteiger partial charge in [-0.15, -0.1) is 0 Å². The Morgan fingerprint density at radius 2 is 2.33 bits per heavy atom. The first-order valence-corrected chi connectivity index (χ1v) is 3.17. The van der Waals surface area contributed by atoms with Crippen LogP contribution in [0.4, 0.5) is 0 Å². The molecule has 0 radical (unpaired) electrons. The van der Waals surface area contributed by atoms with Gasteiger partial charge in [-0.3, -0.25) is 0 Å². The average Bonchev–Trinajstić information content (AvgIpc) is 2.50. The summed E-state index contributed by atoms with van der Waals surface area (Å²) >= 11 is 0. The zero-order chi connectivity index (χ0) is 6.91. The second kappa shape index (κ2) is 2.00. The average molecular weight is 125 g/mol.